The summed E-state index contributed by atoms with van der Waals surface area (Å²) in [6, 6.07) is 11.2. The Morgan fingerprint density at radius 2 is 2.00 bits per heavy atom. The lowest BCUT2D eigenvalue weighted by atomic mass is 10.0. The summed E-state index contributed by atoms with van der Waals surface area (Å²) >= 11 is 6.20. The Balaban J connectivity index is 1.88. The van der Waals surface area contributed by atoms with Crippen LogP contribution in [0.4, 0.5) is 10.1 Å². The van der Waals surface area contributed by atoms with Crippen LogP contribution in [-0.2, 0) is 17.8 Å². The molecule has 1 atom stereocenters. The summed E-state index contributed by atoms with van der Waals surface area (Å²) in [7, 11) is 2.01. The molecule has 0 bridgehead atoms. The van der Waals surface area contributed by atoms with E-state index in [0.717, 1.165) is 35.1 Å². The first-order valence-corrected chi connectivity index (χ1v) is 9.06. The fourth-order valence-electron chi connectivity index (χ4n) is 3.73. The maximum atomic E-state index is 13.2. The van der Waals surface area contributed by atoms with E-state index >= 15 is 0 Å². The molecule has 2 heterocycles. The number of anilines is 1. The Labute approximate surface area is 161 Å². The van der Waals surface area contributed by atoms with Crippen molar-refractivity contribution in [3.63, 3.8) is 0 Å². The van der Waals surface area contributed by atoms with E-state index < -0.39 is 12.1 Å². The molecule has 0 amide bonds. The van der Waals surface area contributed by atoms with Gasteiger partial charge in [0.2, 0.25) is 6.17 Å². The van der Waals surface area contributed by atoms with Crippen LogP contribution < -0.4 is 5.32 Å². The zero-order valence-corrected chi connectivity index (χ0v) is 15.5. The van der Waals surface area contributed by atoms with Gasteiger partial charge in [-0.1, -0.05) is 11.6 Å². The maximum Gasteiger partial charge on any atom is 0.347 e. The molecule has 3 aromatic rings. The molecule has 1 aromatic heterocycles. The standard InChI is InChI=1S/C20H19ClFN3O2/c1-24-9-8-15-16-10-12(21)2-7-17(16)25(18(15)11-24)19(20(26)27)23-14-5-3-13(22)4-6-14/h2-7,10,19,23H,8-9,11H2,1H3,(H,26,27). The highest BCUT2D eigenvalue weighted by molar-refractivity contribution is 6.31. The molecule has 0 fully saturated rings. The smallest absolute Gasteiger partial charge is 0.347 e. The average molecular weight is 388 g/mol. The van der Waals surface area contributed by atoms with Gasteiger partial charge in [-0.05, 0) is 61.5 Å². The second-order valence-corrected chi connectivity index (χ2v) is 7.27. The second-order valence-electron chi connectivity index (χ2n) is 6.84. The fourth-order valence-corrected chi connectivity index (χ4v) is 3.90. The Hall–Kier alpha value is -2.57. The summed E-state index contributed by atoms with van der Waals surface area (Å²) in [6.45, 7) is 1.55. The molecule has 1 aliphatic rings. The Bertz CT molecular complexity index is 1020. The number of carboxylic acids is 1. The highest BCUT2D eigenvalue weighted by Crippen LogP contribution is 2.35. The van der Waals surface area contributed by atoms with Gasteiger partial charge >= 0.3 is 5.97 Å². The zero-order chi connectivity index (χ0) is 19.1. The lowest BCUT2D eigenvalue weighted by Gasteiger charge is -2.27. The number of rotatable bonds is 4. The van der Waals surface area contributed by atoms with E-state index in [-0.39, 0.29) is 5.82 Å². The second kappa shape index (κ2) is 6.87. The predicted molar refractivity (Wildman–Crippen MR) is 104 cm³/mol. The Morgan fingerprint density at radius 3 is 2.70 bits per heavy atom. The summed E-state index contributed by atoms with van der Waals surface area (Å²) in [6.07, 6.45) is -0.187. The number of halogens is 2. The van der Waals surface area contributed by atoms with E-state index in [1.807, 2.05) is 23.7 Å². The normalized spacial score (nSPS) is 15.5. The number of carbonyl (C=O) groups is 1. The van der Waals surface area contributed by atoms with E-state index in [4.69, 9.17) is 11.6 Å². The van der Waals surface area contributed by atoms with Crippen LogP contribution in [-0.4, -0.2) is 34.1 Å². The molecule has 2 aromatic carbocycles. The van der Waals surface area contributed by atoms with Gasteiger partial charge < -0.3 is 19.9 Å². The van der Waals surface area contributed by atoms with Crippen molar-refractivity contribution >= 4 is 34.2 Å². The van der Waals surface area contributed by atoms with E-state index in [0.29, 0.717) is 17.3 Å². The minimum absolute atomic E-state index is 0.368. The highest BCUT2D eigenvalue weighted by atomic mass is 35.5. The molecule has 140 valence electrons. The first-order valence-electron chi connectivity index (χ1n) is 8.68. The molecular formula is C20H19ClFN3O2. The van der Waals surface area contributed by atoms with E-state index in [2.05, 4.69) is 10.2 Å². The van der Waals surface area contributed by atoms with Gasteiger partial charge in [-0.25, -0.2) is 9.18 Å². The number of benzene rings is 2. The molecule has 0 spiro atoms. The molecule has 0 aliphatic carbocycles. The van der Waals surface area contributed by atoms with Crippen molar-refractivity contribution in [2.24, 2.45) is 0 Å². The Kier molecular flexibility index (Phi) is 4.53. The van der Waals surface area contributed by atoms with Crippen molar-refractivity contribution in [2.45, 2.75) is 19.1 Å². The van der Waals surface area contributed by atoms with Crippen molar-refractivity contribution in [3.05, 3.63) is 64.6 Å². The first-order chi connectivity index (χ1) is 12.9. The largest absolute Gasteiger partial charge is 0.478 e. The van der Waals surface area contributed by atoms with Crippen LogP contribution in [0.1, 0.15) is 17.4 Å². The van der Waals surface area contributed by atoms with E-state index in [9.17, 15) is 14.3 Å². The van der Waals surface area contributed by atoms with E-state index in [1.54, 1.807) is 6.07 Å². The lowest BCUT2D eigenvalue weighted by Crippen LogP contribution is -2.32. The number of hydrogen-bond acceptors (Lipinski definition) is 3. The quantitative estimate of drug-likeness (QED) is 0.707. The molecule has 5 nitrogen and oxygen atoms in total. The van der Waals surface area contributed by atoms with Gasteiger partial charge in [0.1, 0.15) is 5.82 Å². The predicted octanol–water partition coefficient (Wildman–Crippen LogP) is 4.12. The zero-order valence-electron chi connectivity index (χ0n) is 14.7. The number of likely N-dealkylation sites (N-methyl/N-ethyl adjacent to an activating group) is 1. The first kappa shape index (κ1) is 17.8. The number of fused-ring (bicyclic) bond motifs is 3. The molecule has 7 heteroatoms. The van der Waals surface area contributed by atoms with Crippen LogP contribution in [0.3, 0.4) is 0 Å². The van der Waals surface area contributed by atoms with Crippen molar-refractivity contribution in [3.8, 4) is 0 Å². The number of aromatic nitrogens is 1. The number of aliphatic carboxylic acids is 1. The summed E-state index contributed by atoms with van der Waals surface area (Å²) < 4.78 is 15.0. The fraction of sp³-hybridized carbons (Fsp3) is 0.250. The molecule has 0 saturated carbocycles. The third kappa shape index (κ3) is 3.26. The summed E-state index contributed by atoms with van der Waals surface area (Å²) in [4.78, 5) is 14.3. The molecule has 0 saturated heterocycles. The van der Waals surface area contributed by atoms with Gasteiger partial charge in [-0.15, -0.1) is 0 Å². The lowest BCUT2D eigenvalue weighted by molar-refractivity contribution is -0.139. The van der Waals surface area contributed by atoms with Crippen molar-refractivity contribution < 1.29 is 14.3 Å². The highest BCUT2D eigenvalue weighted by Gasteiger charge is 2.29. The minimum Gasteiger partial charge on any atom is -0.478 e. The van der Waals surface area contributed by atoms with Crippen molar-refractivity contribution in [1.29, 1.82) is 0 Å². The maximum absolute atomic E-state index is 13.2. The van der Waals surface area contributed by atoms with Crippen LogP contribution >= 0.6 is 11.6 Å². The third-order valence-corrected chi connectivity index (χ3v) is 5.22. The van der Waals surface area contributed by atoms with Gasteiger partial charge in [-0.3, -0.25) is 0 Å². The molecule has 1 aliphatic heterocycles. The van der Waals surface area contributed by atoms with Crippen molar-refractivity contribution in [2.75, 3.05) is 18.9 Å². The van der Waals surface area contributed by atoms with E-state index in [1.165, 1.54) is 24.3 Å². The molecule has 0 radical (unpaired) electrons. The third-order valence-electron chi connectivity index (χ3n) is 4.99. The van der Waals surface area contributed by atoms with Crippen LogP contribution in [0, 0.1) is 5.82 Å². The molecule has 27 heavy (non-hydrogen) atoms. The van der Waals surface area contributed by atoms with Crippen LogP contribution in [0.2, 0.25) is 5.02 Å². The van der Waals surface area contributed by atoms with Crippen LogP contribution in [0.15, 0.2) is 42.5 Å². The van der Waals surface area contributed by atoms with Crippen molar-refractivity contribution in [1.82, 2.24) is 9.47 Å². The monoisotopic (exact) mass is 387 g/mol. The van der Waals surface area contributed by atoms with Gasteiger partial charge in [0.25, 0.3) is 0 Å². The molecule has 1 unspecified atom stereocenters. The topological polar surface area (TPSA) is 57.5 Å². The number of nitrogens with one attached hydrogen (secondary N) is 1. The number of carboxylic acid groups (broad SMARTS) is 1. The molecule has 2 N–H and O–H groups in total. The average Bonchev–Trinajstić information content (AvgIpc) is 2.93. The summed E-state index contributed by atoms with van der Waals surface area (Å²) in [5.74, 6) is -1.38. The summed E-state index contributed by atoms with van der Waals surface area (Å²) in [5.41, 5.74) is 3.46. The van der Waals surface area contributed by atoms with Crippen LogP contribution in [0.25, 0.3) is 10.9 Å². The molecule has 4 rings (SSSR count). The van der Waals surface area contributed by atoms with Gasteiger partial charge in [0, 0.05) is 34.9 Å². The number of nitrogens with zero attached hydrogens (tertiary/aromatic N) is 2. The van der Waals surface area contributed by atoms with Gasteiger partial charge in [-0.2, -0.15) is 0 Å². The minimum atomic E-state index is -1.02. The summed E-state index contributed by atoms with van der Waals surface area (Å²) in [5, 5.41) is 14.6. The number of hydrogen-bond donors (Lipinski definition) is 2. The Morgan fingerprint density at radius 1 is 1.26 bits per heavy atom. The van der Waals surface area contributed by atoms with Gasteiger partial charge in [0.15, 0.2) is 0 Å². The molecular weight excluding hydrogens is 369 g/mol. The SMILES string of the molecule is CN1CCc2c(n(C(Nc3ccc(F)cc3)C(=O)O)c3ccc(Cl)cc23)C1. The van der Waals surface area contributed by atoms with Gasteiger partial charge in [0.05, 0.1) is 5.52 Å². The van der Waals surface area contributed by atoms with Crippen LogP contribution in [0.5, 0.6) is 0 Å².